The average Bonchev–Trinajstić information content (AvgIpc) is 3.37. The van der Waals surface area contributed by atoms with Crippen molar-refractivity contribution in [3.8, 4) is 11.8 Å². The number of ether oxygens (including phenoxy) is 1. The van der Waals surface area contributed by atoms with Gasteiger partial charge in [-0.3, -0.25) is 4.79 Å². The van der Waals surface area contributed by atoms with Crippen LogP contribution in [0.3, 0.4) is 0 Å². The van der Waals surface area contributed by atoms with E-state index in [1.807, 2.05) is 36.6 Å². The van der Waals surface area contributed by atoms with Crippen molar-refractivity contribution in [2.45, 2.75) is 20.4 Å². The van der Waals surface area contributed by atoms with E-state index < -0.39 is 11.9 Å². The number of nitrogens with zero attached hydrogens (tertiary/aromatic N) is 2. The highest BCUT2D eigenvalue weighted by Gasteiger charge is 2.15. The molecule has 0 saturated carbocycles. The van der Waals surface area contributed by atoms with Crippen LogP contribution in [0.15, 0.2) is 58.7 Å². The molecular weight excluding hydrogens is 382 g/mol. The summed E-state index contributed by atoms with van der Waals surface area (Å²) in [5.41, 5.74) is 3.68. The van der Waals surface area contributed by atoms with Crippen molar-refractivity contribution < 1.29 is 18.7 Å². The van der Waals surface area contributed by atoms with Crippen molar-refractivity contribution in [2.75, 3.05) is 7.11 Å². The van der Waals surface area contributed by atoms with E-state index >= 15 is 0 Å². The number of benzene rings is 1. The predicted molar refractivity (Wildman–Crippen MR) is 111 cm³/mol. The van der Waals surface area contributed by atoms with Gasteiger partial charge < -0.3 is 19.0 Å². The van der Waals surface area contributed by atoms with Gasteiger partial charge in [0.1, 0.15) is 17.4 Å². The summed E-state index contributed by atoms with van der Waals surface area (Å²) in [6.45, 7) is 4.00. The molecule has 2 heterocycles. The maximum atomic E-state index is 12.4. The standard InChI is InChI=1S/C23H21N3O4/c1-15-10-18(11-19(13-24)22(27)25-14-21-8-5-9-30-21)16(2)26(15)20-7-4-6-17(12-20)23(28)29-3/h4-12H,14H2,1-3H3,(H,25,27)/b19-11+. The Balaban J connectivity index is 1.89. The molecule has 3 rings (SSSR count). The molecule has 0 atom stereocenters. The lowest BCUT2D eigenvalue weighted by Crippen LogP contribution is -2.23. The van der Waals surface area contributed by atoms with E-state index in [-0.39, 0.29) is 12.1 Å². The zero-order valence-corrected chi connectivity index (χ0v) is 16.9. The van der Waals surface area contributed by atoms with Gasteiger partial charge in [0.25, 0.3) is 5.91 Å². The Labute approximate surface area is 174 Å². The van der Waals surface area contributed by atoms with Crippen LogP contribution in [0.5, 0.6) is 0 Å². The van der Waals surface area contributed by atoms with Gasteiger partial charge in [-0.1, -0.05) is 6.07 Å². The first-order valence-corrected chi connectivity index (χ1v) is 9.24. The second-order valence-electron chi connectivity index (χ2n) is 6.64. The van der Waals surface area contributed by atoms with E-state index in [0.717, 1.165) is 22.6 Å². The van der Waals surface area contributed by atoms with E-state index in [1.165, 1.54) is 13.4 Å². The number of nitrogens with one attached hydrogen (secondary N) is 1. The number of rotatable bonds is 6. The molecule has 0 aliphatic heterocycles. The van der Waals surface area contributed by atoms with Gasteiger partial charge in [0, 0.05) is 17.1 Å². The monoisotopic (exact) mass is 403 g/mol. The minimum absolute atomic E-state index is 0.00915. The molecule has 30 heavy (non-hydrogen) atoms. The molecule has 0 unspecified atom stereocenters. The van der Waals surface area contributed by atoms with Crippen molar-refractivity contribution in [2.24, 2.45) is 0 Å². The highest BCUT2D eigenvalue weighted by molar-refractivity contribution is 6.01. The summed E-state index contributed by atoms with van der Waals surface area (Å²) in [4.78, 5) is 24.2. The van der Waals surface area contributed by atoms with E-state index in [1.54, 1.807) is 36.4 Å². The number of carbonyl (C=O) groups excluding carboxylic acids is 2. The van der Waals surface area contributed by atoms with E-state index in [2.05, 4.69) is 5.32 Å². The number of methoxy groups -OCH3 is 1. The topological polar surface area (TPSA) is 97.3 Å². The molecule has 0 bridgehead atoms. The van der Waals surface area contributed by atoms with Crippen LogP contribution in [0.1, 0.15) is 33.1 Å². The van der Waals surface area contributed by atoms with E-state index in [4.69, 9.17) is 9.15 Å². The Morgan fingerprint density at radius 3 is 2.70 bits per heavy atom. The molecule has 1 N–H and O–H groups in total. The number of esters is 1. The van der Waals surface area contributed by atoms with Crippen LogP contribution in [0.25, 0.3) is 11.8 Å². The highest BCUT2D eigenvalue weighted by atomic mass is 16.5. The van der Waals surface area contributed by atoms with Crippen molar-refractivity contribution >= 4 is 18.0 Å². The number of carbonyl (C=O) groups is 2. The van der Waals surface area contributed by atoms with Gasteiger partial charge in [-0.2, -0.15) is 5.26 Å². The second kappa shape index (κ2) is 8.97. The summed E-state index contributed by atoms with van der Waals surface area (Å²) in [6, 6.07) is 14.4. The molecule has 7 heteroatoms. The van der Waals surface area contributed by atoms with E-state index in [9.17, 15) is 14.9 Å². The lowest BCUT2D eigenvalue weighted by atomic mass is 10.1. The van der Waals surface area contributed by atoms with Crippen LogP contribution in [0.4, 0.5) is 0 Å². The van der Waals surface area contributed by atoms with Gasteiger partial charge in [0.2, 0.25) is 0 Å². The minimum atomic E-state index is -0.480. The summed E-state index contributed by atoms with van der Waals surface area (Å²) in [5, 5.41) is 12.1. The van der Waals surface area contributed by atoms with Crippen molar-refractivity contribution in [1.82, 2.24) is 9.88 Å². The van der Waals surface area contributed by atoms with Gasteiger partial charge in [-0.25, -0.2) is 4.79 Å². The molecule has 0 saturated heterocycles. The third-order valence-corrected chi connectivity index (χ3v) is 4.66. The minimum Gasteiger partial charge on any atom is -0.467 e. The Hall–Kier alpha value is -4.05. The SMILES string of the molecule is COC(=O)c1cccc(-n2c(C)cc(/C=C(\C#N)C(=O)NCc3ccco3)c2C)c1. The summed E-state index contributed by atoms with van der Waals surface area (Å²) < 4.78 is 11.9. The zero-order valence-electron chi connectivity index (χ0n) is 16.9. The Kier molecular flexibility index (Phi) is 6.18. The summed E-state index contributed by atoms with van der Waals surface area (Å²) >= 11 is 0. The van der Waals surface area contributed by atoms with Gasteiger partial charge in [0.05, 0.1) is 25.5 Å². The van der Waals surface area contributed by atoms with Crippen LogP contribution in [-0.4, -0.2) is 23.6 Å². The van der Waals surface area contributed by atoms with Crippen molar-refractivity contribution in [3.63, 3.8) is 0 Å². The van der Waals surface area contributed by atoms with Gasteiger partial charge in [-0.15, -0.1) is 0 Å². The first-order chi connectivity index (χ1) is 14.4. The number of aryl methyl sites for hydroxylation is 1. The van der Waals surface area contributed by atoms with Crippen LogP contribution < -0.4 is 5.32 Å². The Morgan fingerprint density at radius 1 is 1.23 bits per heavy atom. The molecule has 1 aromatic carbocycles. The number of nitriles is 1. The average molecular weight is 403 g/mol. The van der Waals surface area contributed by atoms with Gasteiger partial charge >= 0.3 is 5.97 Å². The second-order valence-corrected chi connectivity index (χ2v) is 6.64. The van der Waals surface area contributed by atoms with Crippen LogP contribution in [0, 0.1) is 25.2 Å². The van der Waals surface area contributed by atoms with Crippen LogP contribution in [-0.2, 0) is 16.1 Å². The summed E-state index contributed by atoms with van der Waals surface area (Å²) in [6.07, 6.45) is 3.08. The number of aromatic nitrogens is 1. The molecule has 0 aliphatic rings. The fourth-order valence-corrected chi connectivity index (χ4v) is 3.20. The van der Waals surface area contributed by atoms with Gasteiger partial charge in [0.15, 0.2) is 0 Å². The first kappa shape index (κ1) is 20.7. The third kappa shape index (κ3) is 4.33. The number of furan rings is 1. The number of amides is 1. The summed E-state index contributed by atoms with van der Waals surface area (Å²) in [7, 11) is 1.34. The molecule has 0 spiro atoms. The molecule has 0 radical (unpaired) electrons. The number of hydrogen-bond acceptors (Lipinski definition) is 5. The highest BCUT2D eigenvalue weighted by Crippen LogP contribution is 2.23. The molecular formula is C23H21N3O4. The molecule has 7 nitrogen and oxygen atoms in total. The van der Waals surface area contributed by atoms with Crippen molar-refractivity contribution in [1.29, 1.82) is 5.26 Å². The van der Waals surface area contributed by atoms with Crippen molar-refractivity contribution in [3.05, 3.63) is 82.6 Å². The largest absolute Gasteiger partial charge is 0.467 e. The van der Waals surface area contributed by atoms with Crippen LogP contribution >= 0.6 is 0 Å². The quantitative estimate of drug-likeness (QED) is 0.385. The summed E-state index contributed by atoms with van der Waals surface area (Å²) in [5.74, 6) is -0.296. The lowest BCUT2D eigenvalue weighted by Gasteiger charge is -2.11. The smallest absolute Gasteiger partial charge is 0.337 e. The fourth-order valence-electron chi connectivity index (χ4n) is 3.20. The first-order valence-electron chi connectivity index (χ1n) is 9.24. The lowest BCUT2D eigenvalue weighted by molar-refractivity contribution is -0.117. The van der Waals surface area contributed by atoms with Crippen LogP contribution in [0.2, 0.25) is 0 Å². The fraction of sp³-hybridized carbons (Fsp3) is 0.174. The molecule has 1 amide bonds. The number of hydrogen-bond donors (Lipinski definition) is 1. The maximum absolute atomic E-state index is 12.4. The predicted octanol–water partition coefficient (Wildman–Crippen LogP) is 3.70. The zero-order chi connectivity index (χ0) is 21.7. The molecule has 0 aliphatic carbocycles. The molecule has 3 aromatic rings. The Morgan fingerprint density at radius 2 is 2.03 bits per heavy atom. The van der Waals surface area contributed by atoms with E-state index in [0.29, 0.717) is 11.3 Å². The Bertz CT molecular complexity index is 1150. The molecule has 0 fully saturated rings. The van der Waals surface area contributed by atoms with Gasteiger partial charge in [-0.05, 0) is 61.9 Å². The molecule has 2 aromatic heterocycles. The molecule has 152 valence electrons. The third-order valence-electron chi connectivity index (χ3n) is 4.66. The maximum Gasteiger partial charge on any atom is 0.337 e. The normalized spacial score (nSPS) is 11.1.